The van der Waals surface area contributed by atoms with Gasteiger partial charge in [0.25, 0.3) is 0 Å². The van der Waals surface area contributed by atoms with Gasteiger partial charge in [-0.25, -0.2) is 19.3 Å². The van der Waals surface area contributed by atoms with Crippen molar-refractivity contribution in [2.24, 2.45) is 74.9 Å². The molecule has 0 radical (unpaired) electrons. The second kappa shape index (κ2) is 36.9. The lowest BCUT2D eigenvalue weighted by atomic mass is 9.77. The van der Waals surface area contributed by atoms with E-state index in [2.05, 4.69) is 43.0 Å². The molecule has 0 spiro atoms. The number of ketones is 2. The molecule has 8 aliphatic rings. The van der Waals surface area contributed by atoms with E-state index in [1.54, 1.807) is 14.3 Å². The van der Waals surface area contributed by atoms with Gasteiger partial charge in [0.15, 0.2) is 23.2 Å². The monoisotopic (exact) mass is 1660 g/mol. The molecule has 2 aromatic carbocycles. The number of carboxylic acids is 2. The van der Waals surface area contributed by atoms with E-state index in [1.165, 1.54) is 17.7 Å². The highest BCUT2D eigenvalue weighted by atomic mass is 35.5. The molecule has 4 unspecified atom stereocenters. The molecule has 6 aliphatic carbocycles. The summed E-state index contributed by atoms with van der Waals surface area (Å²) in [6, 6.07) is 17.5. The lowest BCUT2D eigenvalue weighted by Gasteiger charge is -2.35. The van der Waals surface area contributed by atoms with E-state index in [0.717, 1.165) is 78.7 Å². The van der Waals surface area contributed by atoms with Gasteiger partial charge in [0.1, 0.15) is 54.6 Å². The molecular weight excluding hydrogens is 1540 g/mol. The minimum Gasteiger partial charge on any atom is -0.492 e. The number of ether oxygens (including phenoxy) is 5. The average molecular weight is 1670 g/mol. The molecule has 648 valence electrons. The summed E-state index contributed by atoms with van der Waals surface area (Å²) in [7, 11) is 8.01. The summed E-state index contributed by atoms with van der Waals surface area (Å²) in [5.41, 5.74) is -1.02. The van der Waals surface area contributed by atoms with Gasteiger partial charge >= 0.3 is 23.9 Å². The maximum absolute atomic E-state index is 14.8. The number of likely N-dealkylation sites (N-methyl/N-ethyl adjacent to an activating group) is 2. The van der Waals surface area contributed by atoms with Gasteiger partial charge in [-0.2, -0.15) is 5.10 Å². The molecular formula is C91H126ClN11O16. The number of carbonyl (C=O) groups excluding carboxylic acids is 6. The Labute approximate surface area is 704 Å². The molecule has 14 rings (SSSR count). The van der Waals surface area contributed by atoms with Crippen LogP contribution in [0.2, 0.25) is 5.02 Å². The molecule has 28 heteroatoms. The zero-order valence-electron chi connectivity index (χ0n) is 72.4. The van der Waals surface area contributed by atoms with E-state index in [-0.39, 0.29) is 99.0 Å². The maximum atomic E-state index is 14.8. The summed E-state index contributed by atoms with van der Waals surface area (Å²) >= 11 is 6.46. The Kier molecular flexibility index (Phi) is 27.7. The van der Waals surface area contributed by atoms with Gasteiger partial charge in [0, 0.05) is 105 Å². The lowest BCUT2D eigenvalue weighted by molar-refractivity contribution is -0.157. The number of halogens is 1. The number of fused-ring (bicyclic) bond motifs is 4. The number of aliphatic hydroxyl groups excluding tert-OH is 1. The molecule has 0 bridgehead atoms. The number of likely N-dealkylation sites (tertiary alicyclic amines) is 2. The Morgan fingerprint density at radius 3 is 1.50 bits per heavy atom. The summed E-state index contributed by atoms with van der Waals surface area (Å²) in [5.74, 6) is 1.44. The van der Waals surface area contributed by atoms with Gasteiger partial charge in [0.05, 0.1) is 82.0 Å². The number of aliphatic hydroxyl groups is 1. The third-order valence-electron chi connectivity index (χ3n) is 25.7. The number of anilines is 1. The number of esters is 2. The molecule has 4 aromatic heterocycles. The van der Waals surface area contributed by atoms with E-state index in [4.69, 9.17) is 50.4 Å². The van der Waals surface area contributed by atoms with Gasteiger partial charge in [-0.15, -0.1) is 5.10 Å². The van der Waals surface area contributed by atoms with Crippen LogP contribution in [0.3, 0.4) is 0 Å². The second-order valence-corrected chi connectivity index (χ2v) is 38.9. The topological polar surface area (TPSA) is 330 Å². The van der Waals surface area contributed by atoms with Crippen molar-refractivity contribution < 1.29 is 77.4 Å². The fourth-order valence-corrected chi connectivity index (χ4v) is 18.6. The number of nitrogens with one attached hydrogen (secondary N) is 1. The number of rotatable bonds is 34. The summed E-state index contributed by atoms with van der Waals surface area (Å²) in [6.45, 7) is 26.5. The number of aliphatic carboxylic acids is 2. The Bertz CT molecular complexity index is 4660. The van der Waals surface area contributed by atoms with Crippen molar-refractivity contribution in [3.05, 3.63) is 83.8 Å². The first-order valence-corrected chi connectivity index (χ1v) is 43.4. The minimum absolute atomic E-state index is 0.0140. The number of nitrogens with zero attached hydrogens (tertiary/aromatic N) is 10. The smallest absolute Gasteiger partial charge is 0.310 e. The number of carboxylic acid groups (broad SMARTS) is 2. The number of carbonyl (C=O) groups is 8. The highest BCUT2D eigenvalue weighted by Crippen LogP contribution is 2.60. The first kappa shape index (κ1) is 89.5. The van der Waals surface area contributed by atoms with Gasteiger partial charge in [-0.1, -0.05) is 93.7 Å². The zero-order chi connectivity index (χ0) is 86.1. The summed E-state index contributed by atoms with van der Waals surface area (Å²) in [5, 5.41) is 45.2. The highest BCUT2D eigenvalue weighted by Gasteiger charge is 2.63. The Morgan fingerprint density at radius 2 is 1.04 bits per heavy atom. The standard InChI is InChI=1S/C46H63N5O8.C26H39NO7.C19H24ClN5O/c1-9-30-24-46(30,44(55)56)25-39(52)38-21-34(26-50(38)43(54)36(45(4,5)6)22-42(53)59-33-18-28-17-29(28)19-33)58-40-23-41(51-13-12-31(48-51)16-27(2)3)47-37-20-32(10-11-35(37)40)57-15-14-49(7)8;1-5-16-11-26(16,24(32)33)12-21(29)20-9-17(28)13-27(20)23(31)19(25(2,3)4)10-22(30)34-18-7-14-6-15(14)8-18;1-13(2)21-18-7-8-25(23-18)19-12-16(20)15-6-5-14(11-17(15)22-19)26-10-9-24(3)4/h10-13,20,23,27-30,33-34,36,38H,9,14-19,21-22,24-26H2,1-8H3,(H,55,56);14-20,28H,5-13H2,1-4H3,(H,32,33);5-8,11-13H,9-10H2,1-4H3,(H,21,23)/t28-,29?,30+,33?,34+,36+,38-,46+;14-,15?,16+,17+,18?,19+,20-,26+;/m00./s1. The van der Waals surface area contributed by atoms with Crippen molar-refractivity contribution in [1.29, 1.82) is 0 Å². The molecule has 4 N–H and O–H groups in total. The van der Waals surface area contributed by atoms with Crippen LogP contribution >= 0.6 is 11.6 Å². The van der Waals surface area contributed by atoms with Crippen LogP contribution in [0.4, 0.5) is 5.82 Å². The highest BCUT2D eigenvalue weighted by molar-refractivity contribution is 6.35. The summed E-state index contributed by atoms with van der Waals surface area (Å²) in [6.07, 6.45) is 11.0. The molecule has 27 nitrogen and oxygen atoms in total. The SMILES string of the molecule is CC(C)Nc1ccn(-c2cc(Cl)c3ccc(OCCN(C)C)cc3n2)n1.CC[C@@H]1C[C@]1(CC(=O)[C@@H]1C[C@@H](O)CN1C(=O)[C@@H](CC(=O)OC1CC2C[C@H]2C1)C(C)(C)C)C(=O)O.CC[C@@H]1C[C@]1(CC(=O)[C@@H]1C[C@@H](Oc2cc(-n3ccc(CC(C)C)n3)nc3cc(OCCN(C)C)ccc23)CN1C(=O)[C@@H](CC(=O)OC1CC2C[C@H]2C1)C(C)(C)C)C(=O)O. The summed E-state index contributed by atoms with van der Waals surface area (Å²) < 4.78 is 33.7. The van der Waals surface area contributed by atoms with E-state index in [0.29, 0.717) is 108 Å². The molecule has 8 fully saturated rings. The normalized spacial score (nSPS) is 26.3. The number of amides is 2. The molecule has 2 amide bonds. The third-order valence-corrected chi connectivity index (χ3v) is 26.0. The number of β-amino-alcohol motifs (C(OH)–C–C–N with tert-alkyl or cyclic N) is 1. The van der Waals surface area contributed by atoms with E-state index in [1.807, 2.05) is 162 Å². The molecule has 119 heavy (non-hydrogen) atoms. The predicted octanol–water partition coefficient (Wildman–Crippen LogP) is 13.4. The van der Waals surface area contributed by atoms with Gasteiger partial charge < -0.3 is 63.9 Å². The van der Waals surface area contributed by atoms with Crippen molar-refractivity contribution >= 4 is 86.5 Å². The molecule has 16 atom stereocenters. The van der Waals surface area contributed by atoms with E-state index >= 15 is 0 Å². The fraction of sp³-hybridized carbons (Fsp3) is 0.648. The Morgan fingerprint density at radius 1 is 0.580 bits per heavy atom. The van der Waals surface area contributed by atoms with Crippen molar-refractivity contribution in [3.8, 4) is 28.9 Å². The number of hydrogen-bond donors (Lipinski definition) is 4. The van der Waals surface area contributed by atoms with Crippen molar-refractivity contribution in [2.75, 3.05) is 72.9 Å². The first-order chi connectivity index (χ1) is 56.2. The quantitative estimate of drug-likeness (QED) is 0.0273. The Hall–Kier alpha value is -8.79. The van der Waals surface area contributed by atoms with Crippen LogP contribution in [0.25, 0.3) is 33.4 Å². The van der Waals surface area contributed by atoms with Crippen LogP contribution in [0.5, 0.6) is 17.2 Å². The summed E-state index contributed by atoms with van der Waals surface area (Å²) in [4.78, 5) is 123. The van der Waals surface area contributed by atoms with Crippen LogP contribution < -0.4 is 19.5 Å². The van der Waals surface area contributed by atoms with E-state index in [9.17, 15) is 53.7 Å². The zero-order valence-corrected chi connectivity index (χ0v) is 73.2. The van der Waals surface area contributed by atoms with Crippen LogP contribution in [0.1, 0.15) is 192 Å². The van der Waals surface area contributed by atoms with Gasteiger partial charge in [-0.3, -0.25) is 38.4 Å². The lowest BCUT2D eigenvalue weighted by Crippen LogP contribution is -2.48. The minimum atomic E-state index is -1.13. The van der Waals surface area contributed by atoms with Crippen molar-refractivity contribution in [3.63, 3.8) is 0 Å². The molecule has 6 heterocycles. The number of benzene rings is 2. The molecule has 6 aromatic rings. The van der Waals surface area contributed by atoms with Crippen LogP contribution in [-0.4, -0.2) is 222 Å². The first-order valence-electron chi connectivity index (χ1n) is 43.1. The van der Waals surface area contributed by atoms with Crippen LogP contribution in [-0.2, 0) is 54.3 Å². The number of hydrogen-bond acceptors (Lipinski definition) is 21. The van der Waals surface area contributed by atoms with Crippen molar-refractivity contribution in [2.45, 2.75) is 235 Å². The van der Waals surface area contributed by atoms with Gasteiger partial charge in [0.2, 0.25) is 11.8 Å². The van der Waals surface area contributed by atoms with Crippen LogP contribution in [0.15, 0.2) is 73.1 Å². The number of pyridine rings is 2. The molecule has 2 saturated heterocycles. The largest absolute Gasteiger partial charge is 0.492 e. The average Bonchev–Trinajstić information content (AvgIpc) is 1.56. The van der Waals surface area contributed by atoms with Crippen molar-refractivity contribution in [1.82, 2.24) is 49.1 Å². The van der Waals surface area contributed by atoms with E-state index < -0.39 is 81.7 Å². The fourth-order valence-electron chi connectivity index (χ4n) is 18.4. The molecule has 6 saturated carbocycles. The number of aromatic nitrogens is 6. The van der Waals surface area contributed by atoms with Crippen LogP contribution in [0, 0.1) is 74.9 Å². The molecule has 2 aliphatic heterocycles. The van der Waals surface area contributed by atoms with Gasteiger partial charge in [-0.05, 0) is 182 Å². The Balaban J connectivity index is 0.000000182. The predicted molar refractivity (Wildman–Crippen MR) is 452 cm³/mol. The maximum Gasteiger partial charge on any atom is 0.310 e. The third kappa shape index (κ3) is 21.9. The second-order valence-electron chi connectivity index (χ2n) is 38.5. The number of Topliss-reactive ketones (excluding diaryl/α,β-unsaturated/α-hetero) is 2.